The molecule has 118 valence electrons. The Hall–Kier alpha value is -1.99. The number of methoxy groups -OCH3 is 1. The average molecular weight is 299 g/mol. The number of carboxylic acid groups (broad SMARTS) is 1. The molecule has 2 aliphatic rings. The third-order valence-corrected chi connectivity index (χ3v) is 3.77. The Bertz CT molecular complexity index is 424. The first-order valence-electron chi connectivity index (χ1n) is 7.13. The number of carbonyl (C=O) groups is 3. The van der Waals surface area contributed by atoms with Crippen LogP contribution >= 0.6 is 0 Å². The molecule has 0 aromatic rings. The molecule has 1 saturated heterocycles. The maximum absolute atomic E-state index is 12.5. The lowest BCUT2D eigenvalue weighted by Crippen LogP contribution is -2.46. The predicted octanol–water partition coefficient (Wildman–Crippen LogP) is 0.476. The lowest BCUT2D eigenvalue weighted by Gasteiger charge is -2.27. The van der Waals surface area contributed by atoms with Crippen LogP contribution in [0.4, 0.5) is 9.59 Å². The van der Waals surface area contributed by atoms with E-state index in [1.807, 2.05) is 0 Å². The van der Waals surface area contributed by atoms with E-state index >= 15 is 0 Å². The molecule has 1 heterocycles. The van der Waals surface area contributed by atoms with Crippen LogP contribution in [0.1, 0.15) is 25.7 Å². The van der Waals surface area contributed by atoms with Gasteiger partial charge in [0.2, 0.25) is 0 Å². The molecule has 2 rings (SSSR count). The lowest BCUT2D eigenvalue weighted by molar-refractivity contribution is -0.137. The number of carboxylic acids is 1. The second-order valence-corrected chi connectivity index (χ2v) is 5.42. The molecule has 0 aromatic heterocycles. The standard InChI is InChI=1S/C13H21N3O5/c1-21-12(19)14-9-4-6-15(8-9)13(20)16(10-2-3-10)7-5-11(17)18/h9-10H,2-8H2,1H3,(H,14,19)(H,17,18). The number of ether oxygens (including phenoxy) is 1. The molecule has 2 N–H and O–H groups in total. The topological polar surface area (TPSA) is 99.2 Å². The van der Waals surface area contributed by atoms with Crippen molar-refractivity contribution in [3.63, 3.8) is 0 Å². The Morgan fingerprint density at radius 1 is 1.33 bits per heavy atom. The van der Waals surface area contributed by atoms with Gasteiger partial charge >= 0.3 is 18.1 Å². The summed E-state index contributed by atoms with van der Waals surface area (Å²) in [6.07, 6.45) is 2.00. The molecule has 8 heteroatoms. The molecular formula is C13H21N3O5. The van der Waals surface area contributed by atoms with Gasteiger partial charge in [-0.25, -0.2) is 9.59 Å². The lowest BCUT2D eigenvalue weighted by atomic mass is 10.3. The van der Waals surface area contributed by atoms with E-state index < -0.39 is 12.1 Å². The molecule has 1 aliphatic heterocycles. The van der Waals surface area contributed by atoms with Crippen LogP contribution in [0.25, 0.3) is 0 Å². The maximum atomic E-state index is 12.5. The first-order valence-corrected chi connectivity index (χ1v) is 7.13. The highest BCUT2D eigenvalue weighted by Gasteiger charge is 2.37. The molecule has 1 unspecified atom stereocenters. The number of carbonyl (C=O) groups excluding carboxylic acids is 2. The number of hydrogen-bond donors (Lipinski definition) is 2. The van der Waals surface area contributed by atoms with Crippen molar-refractivity contribution < 1.29 is 24.2 Å². The number of aliphatic carboxylic acids is 1. The number of amides is 3. The second kappa shape index (κ2) is 6.64. The molecule has 2 fully saturated rings. The minimum atomic E-state index is -0.903. The highest BCUT2D eigenvalue weighted by Crippen LogP contribution is 2.28. The highest BCUT2D eigenvalue weighted by molar-refractivity contribution is 5.77. The zero-order valence-corrected chi connectivity index (χ0v) is 12.1. The monoisotopic (exact) mass is 299 g/mol. The first kappa shape index (κ1) is 15.4. The summed E-state index contributed by atoms with van der Waals surface area (Å²) in [5.41, 5.74) is 0. The van der Waals surface area contributed by atoms with E-state index in [1.165, 1.54) is 7.11 Å². The zero-order chi connectivity index (χ0) is 15.4. The zero-order valence-electron chi connectivity index (χ0n) is 12.1. The molecule has 21 heavy (non-hydrogen) atoms. The Balaban J connectivity index is 1.86. The molecule has 0 radical (unpaired) electrons. The van der Waals surface area contributed by atoms with Gasteiger partial charge in [-0.05, 0) is 19.3 Å². The van der Waals surface area contributed by atoms with Crippen molar-refractivity contribution in [3.8, 4) is 0 Å². The van der Waals surface area contributed by atoms with Gasteiger partial charge in [0.25, 0.3) is 0 Å². The van der Waals surface area contributed by atoms with Crippen molar-refractivity contribution in [1.29, 1.82) is 0 Å². The summed E-state index contributed by atoms with van der Waals surface area (Å²) in [5.74, 6) is -0.903. The third kappa shape index (κ3) is 4.24. The van der Waals surface area contributed by atoms with Crippen LogP contribution < -0.4 is 5.32 Å². The van der Waals surface area contributed by atoms with Gasteiger partial charge in [0.15, 0.2) is 0 Å². The molecule has 8 nitrogen and oxygen atoms in total. The number of alkyl carbamates (subject to hydrolysis) is 1. The predicted molar refractivity (Wildman–Crippen MR) is 72.9 cm³/mol. The quantitative estimate of drug-likeness (QED) is 0.769. The minimum Gasteiger partial charge on any atom is -0.481 e. The average Bonchev–Trinajstić information content (AvgIpc) is 3.17. The van der Waals surface area contributed by atoms with Gasteiger partial charge in [0, 0.05) is 25.7 Å². The van der Waals surface area contributed by atoms with E-state index in [4.69, 9.17) is 5.11 Å². The summed E-state index contributed by atoms with van der Waals surface area (Å²) in [4.78, 5) is 37.6. The van der Waals surface area contributed by atoms with E-state index in [0.29, 0.717) is 19.5 Å². The fourth-order valence-electron chi connectivity index (χ4n) is 2.50. The van der Waals surface area contributed by atoms with E-state index in [2.05, 4.69) is 10.1 Å². The largest absolute Gasteiger partial charge is 0.481 e. The number of likely N-dealkylation sites (tertiary alicyclic amines) is 1. The van der Waals surface area contributed by atoms with Crippen LogP contribution in [0, 0.1) is 0 Å². The van der Waals surface area contributed by atoms with Gasteiger partial charge in [-0.1, -0.05) is 0 Å². The molecule has 1 aliphatic carbocycles. The van der Waals surface area contributed by atoms with Crippen LogP contribution in [-0.2, 0) is 9.53 Å². The maximum Gasteiger partial charge on any atom is 0.407 e. The van der Waals surface area contributed by atoms with Crippen molar-refractivity contribution in [3.05, 3.63) is 0 Å². The number of urea groups is 1. The van der Waals surface area contributed by atoms with E-state index in [0.717, 1.165) is 12.8 Å². The number of nitrogens with one attached hydrogen (secondary N) is 1. The summed E-state index contributed by atoms with van der Waals surface area (Å²) in [7, 11) is 1.30. The van der Waals surface area contributed by atoms with Crippen molar-refractivity contribution in [2.45, 2.75) is 37.8 Å². The minimum absolute atomic E-state index is 0.0417. The highest BCUT2D eigenvalue weighted by atomic mass is 16.5. The fourth-order valence-corrected chi connectivity index (χ4v) is 2.50. The van der Waals surface area contributed by atoms with Crippen molar-refractivity contribution in [1.82, 2.24) is 15.1 Å². The Kier molecular flexibility index (Phi) is 4.87. The summed E-state index contributed by atoms with van der Waals surface area (Å²) in [6, 6.07) is -0.0701. The van der Waals surface area contributed by atoms with Crippen molar-refractivity contribution >= 4 is 18.1 Å². The third-order valence-electron chi connectivity index (χ3n) is 3.77. The summed E-state index contributed by atoms with van der Waals surface area (Å²) in [5, 5.41) is 11.4. The van der Waals surface area contributed by atoms with Crippen molar-refractivity contribution in [2.75, 3.05) is 26.7 Å². The van der Waals surface area contributed by atoms with Gasteiger partial charge in [-0.2, -0.15) is 0 Å². The Labute approximate surface area is 123 Å². The fraction of sp³-hybridized carbons (Fsp3) is 0.769. The summed E-state index contributed by atoms with van der Waals surface area (Å²) in [6.45, 7) is 1.23. The van der Waals surface area contributed by atoms with Crippen molar-refractivity contribution in [2.24, 2.45) is 0 Å². The molecule has 0 bridgehead atoms. The summed E-state index contributed by atoms with van der Waals surface area (Å²) >= 11 is 0. The van der Waals surface area contributed by atoms with Crippen LogP contribution in [0.15, 0.2) is 0 Å². The van der Waals surface area contributed by atoms with Gasteiger partial charge < -0.3 is 25.0 Å². The molecular weight excluding hydrogens is 278 g/mol. The Morgan fingerprint density at radius 3 is 2.62 bits per heavy atom. The summed E-state index contributed by atoms with van der Waals surface area (Å²) < 4.78 is 4.54. The first-order chi connectivity index (χ1) is 10.0. The smallest absolute Gasteiger partial charge is 0.407 e. The van der Waals surface area contributed by atoms with E-state index in [9.17, 15) is 14.4 Å². The normalized spacial score (nSPS) is 21.0. The van der Waals surface area contributed by atoms with Crippen LogP contribution in [0.5, 0.6) is 0 Å². The molecule has 0 aromatic carbocycles. The Morgan fingerprint density at radius 2 is 2.05 bits per heavy atom. The van der Waals surface area contributed by atoms with E-state index in [1.54, 1.807) is 9.80 Å². The molecule has 3 amide bonds. The number of hydrogen-bond acceptors (Lipinski definition) is 4. The molecule has 1 atom stereocenters. The SMILES string of the molecule is COC(=O)NC1CCN(C(=O)N(CCC(=O)O)C2CC2)C1. The second-order valence-electron chi connectivity index (χ2n) is 5.42. The van der Waals surface area contributed by atoms with Gasteiger partial charge in [0.05, 0.1) is 19.6 Å². The van der Waals surface area contributed by atoms with Crippen LogP contribution in [0.2, 0.25) is 0 Å². The van der Waals surface area contributed by atoms with Gasteiger partial charge in [0.1, 0.15) is 0 Å². The van der Waals surface area contributed by atoms with Crippen LogP contribution in [-0.4, -0.2) is 71.8 Å². The molecule has 1 saturated carbocycles. The number of rotatable bonds is 5. The van der Waals surface area contributed by atoms with Gasteiger partial charge in [-0.15, -0.1) is 0 Å². The number of nitrogens with zero attached hydrogens (tertiary/aromatic N) is 2. The van der Waals surface area contributed by atoms with Gasteiger partial charge in [-0.3, -0.25) is 4.79 Å². The van der Waals surface area contributed by atoms with Crippen LogP contribution in [0.3, 0.4) is 0 Å². The molecule has 0 spiro atoms. The van der Waals surface area contributed by atoms with E-state index in [-0.39, 0.29) is 31.1 Å².